The molecule has 0 aliphatic heterocycles. The maximum Gasteiger partial charge on any atom is 0.472 e. The second kappa shape index (κ2) is 64.4. The van der Waals surface area contributed by atoms with E-state index in [4.69, 9.17) is 37.0 Å². The lowest BCUT2D eigenvalue weighted by Crippen LogP contribution is -2.30. The van der Waals surface area contributed by atoms with E-state index >= 15 is 0 Å². The predicted octanol–water partition coefficient (Wildman–Crippen LogP) is 20.5. The molecule has 0 aliphatic rings. The fourth-order valence-electron chi connectivity index (χ4n) is 10.8. The number of aliphatic hydroxyl groups excluding tert-OH is 1. The van der Waals surface area contributed by atoms with Gasteiger partial charge < -0.3 is 33.8 Å². The van der Waals surface area contributed by atoms with Crippen LogP contribution in [0.2, 0.25) is 0 Å². The SMILES string of the molecule is CCCCCCCCCCCCCCCCC(=O)OC[C@H](COP(=O)(O)OC[C@@H](O)COP(=O)(O)OC[C@@H](COC(=O)CCCCCCCCCC)OC(=O)CCCCCCCCCCCCCC)OC(=O)CCCCCCCCCCCCCCCC(C)C. The average molecular weight is 1330 g/mol. The molecule has 0 fully saturated rings. The minimum atomic E-state index is -4.95. The van der Waals surface area contributed by atoms with Crippen LogP contribution in [0.3, 0.4) is 0 Å². The summed E-state index contributed by atoms with van der Waals surface area (Å²) in [6, 6.07) is 0. The van der Waals surface area contributed by atoms with Gasteiger partial charge >= 0.3 is 39.5 Å². The van der Waals surface area contributed by atoms with Crippen molar-refractivity contribution in [2.24, 2.45) is 5.92 Å². The van der Waals surface area contributed by atoms with Crippen molar-refractivity contribution >= 4 is 39.5 Å². The molecule has 19 heteroatoms. The first-order valence-corrected chi connectivity index (χ1v) is 40.1. The van der Waals surface area contributed by atoms with E-state index in [0.29, 0.717) is 25.7 Å². The number of esters is 4. The molecule has 0 aromatic rings. The molecule has 0 heterocycles. The van der Waals surface area contributed by atoms with Crippen LogP contribution in [0, 0.1) is 5.92 Å². The molecule has 0 amide bonds. The quantitative estimate of drug-likeness (QED) is 0.0222. The van der Waals surface area contributed by atoms with Crippen molar-refractivity contribution in [2.45, 2.75) is 387 Å². The van der Waals surface area contributed by atoms with Crippen LogP contribution in [0.25, 0.3) is 0 Å². The van der Waals surface area contributed by atoms with Gasteiger partial charge in [0.15, 0.2) is 12.2 Å². The number of carbonyl (C=O) groups is 4. The van der Waals surface area contributed by atoms with E-state index in [2.05, 4.69) is 34.6 Å². The minimum absolute atomic E-state index is 0.107. The molecular formula is C71H138O17P2. The van der Waals surface area contributed by atoms with Crippen molar-refractivity contribution in [3.05, 3.63) is 0 Å². The summed E-state index contributed by atoms with van der Waals surface area (Å²) in [5.41, 5.74) is 0. The van der Waals surface area contributed by atoms with Gasteiger partial charge in [-0.15, -0.1) is 0 Å². The second-order valence-electron chi connectivity index (χ2n) is 26.1. The van der Waals surface area contributed by atoms with Gasteiger partial charge in [0.2, 0.25) is 0 Å². The number of aliphatic hydroxyl groups is 1. The molecule has 5 atom stereocenters. The number of hydrogen-bond donors (Lipinski definition) is 3. The molecule has 0 aromatic heterocycles. The highest BCUT2D eigenvalue weighted by Gasteiger charge is 2.30. The molecule has 17 nitrogen and oxygen atoms in total. The normalized spacial score (nSPS) is 14.1. The molecule has 0 spiro atoms. The summed E-state index contributed by atoms with van der Waals surface area (Å²) in [5, 5.41) is 10.6. The summed E-state index contributed by atoms with van der Waals surface area (Å²) < 4.78 is 68.3. The van der Waals surface area contributed by atoms with Crippen LogP contribution in [-0.2, 0) is 65.4 Å². The Morgan fingerprint density at radius 2 is 0.511 bits per heavy atom. The zero-order valence-corrected chi connectivity index (χ0v) is 60.1. The van der Waals surface area contributed by atoms with Crippen LogP contribution in [-0.4, -0.2) is 96.7 Å². The Kier molecular flexibility index (Phi) is 63.0. The molecule has 0 saturated carbocycles. The topological polar surface area (TPSA) is 237 Å². The van der Waals surface area contributed by atoms with Gasteiger partial charge in [0, 0.05) is 25.7 Å². The fourth-order valence-corrected chi connectivity index (χ4v) is 12.4. The van der Waals surface area contributed by atoms with Gasteiger partial charge in [-0.05, 0) is 31.6 Å². The van der Waals surface area contributed by atoms with Crippen molar-refractivity contribution < 1.29 is 80.2 Å². The van der Waals surface area contributed by atoms with Crippen LogP contribution in [0.15, 0.2) is 0 Å². The molecule has 3 N–H and O–H groups in total. The molecule has 90 heavy (non-hydrogen) atoms. The van der Waals surface area contributed by atoms with Crippen molar-refractivity contribution in [2.75, 3.05) is 39.6 Å². The highest BCUT2D eigenvalue weighted by atomic mass is 31.2. The lowest BCUT2D eigenvalue weighted by Gasteiger charge is -2.21. The van der Waals surface area contributed by atoms with Gasteiger partial charge in [-0.2, -0.15) is 0 Å². The molecule has 534 valence electrons. The standard InChI is InChI=1S/C71H138O17P2/c1-6-9-12-15-18-21-23-25-28-32-35-40-45-50-55-69(74)82-61-67(88-71(76)57-52-47-42-37-33-29-26-27-30-34-38-43-48-53-64(4)5)63-86-90(79,80)84-59-65(72)58-83-89(77,78)85-62-66(60-81-68(73)54-49-44-39-20-17-14-11-8-3)87-70(75)56-51-46-41-36-31-24-22-19-16-13-10-7-2/h64-67,72H,6-63H2,1-5H3,(H,77,78)(H,79,80)/t65-,66+,67+/m0/s1. The summed E-state index contributed by atoms with van der Waals surface area (Å²) in [7, 11) is -9.90. The zero-order chi connectivity index (χ0) is 66.3. The summed E-state index contributed by atoms with van der Waals surface area (Å²) in [6.45, 7) is 7.25. The van der Waals surface area contributed by atoms with E-state index in [0.717, 1.165) is 102 Å². The first-order valence-electron chi connectivity index (χ1n) is 37.1. The number of phosphoric acid groups is 2. The number of unbranched alkanes of at least 4 members (excludes halogenated alkanes) is 43. The Morgan fingerprint density at radius 1 is 0.300 bits per heavy atom. The number of phosphoric ester groups is 2. The van der Waals surface area contributed by atoms with Gasteiger partial charge in [0.1, 0.15) is 19.3 Å². The van der Waals surface area contributed by atoms with Gasteiger partial charge in [0.25, 0.3) is 0 Å². The van der Waals surface area contributed by atoms with E-state index in [-0.39, 0.29) is 25.7 Å². The third kappa shape index (κ3) is 64.8. The molecule has 2 unspecified atom stereocenters. The molecule has 0 rings (SSSR count). The molecule has 0 radical (unpaired) electrons. The van der Waals surface area contributed by atoms with Gasteiger partial charge in [-0.3, -0.25) is 37.3 Å². The summed E-state index contributed by atoms with van der Waals surface area (Å²) in [6.07, 6.45) is 51.2. The fraction of sp³-hybridized carbons (Fsp3) is 0.944. The molecular weight excluding hydrogens is 1190 g/mol. The molecule has 0 aliphatic carbocycles. The number of hydrogen-bond acceptors (Lipinski definition) is 15. The first-order chi connectivity index (χ1) is 43.5. The number of rotatable bonds is 71. The predicted molar refractivity (Wildman–Crippen MR) is 363 cm³/mol. The Balaban J connectivity index is 5.22. The number of carbonyl (C=O) groups excluding carboxylic acids is 4. The largest absolute Gasteiger partial charge is 0.472 e. The van der Waals surface area contributed by atoms with Crippen LogP contribution in [0.5, 0.6) is 0 Å². The highest BCUT2D eigenvalue weighted by molar-refractivity contribution is 7.47. The van der Waals surface area contributed by atoms with Gasteiger partial charge in [0.05, 0.1) is 26.4 Å². The smallest absolute Gasteiger partial charge is 0.462 e. The Bertz CT molecular complexity index is 1740. The molecule has 0 saturated heterocycles. The molecule has 0 aromatic carbocycles. The van der Waals surface area contributed by atoms with Crippen molar-refractivity contribution in [3.63, 3.8) is 0 Å². The Labute approximate surface area is 549 Å². The first kappa shape index (κ1) is 88.1. The highest BCUT2D eigenvalue weighted by Crippen LogP contribution is 2.45. The Hall–Kier alpha value is -1.94. The lowest BCUT2D eigenvalue weighted by molar-refractivity contribution is -0.161. The number of ether oxygens (including phenoxy) is 4. The van der Waals surface area contributed by atoms with Crippen molar-refractivity contribution in [3.8, 4) is 0 Å². The van der Waals surface area contributed by atoms with Crippen LogP contribution < -0.4 is 0 Å². The van der Waals surface area contributed by atoms with Crippen LogP contribution >= 0.6 is 15.6 Å². The van der Waals surface area contributed by atoms with E-state index in [9.17, 15) is 43.2 Å². The van der Waals surface area contributed by atoms with Gasteiger partial charge in [-0.1, -0.05) is 317 Å². The van der Waals surface area contributed by atoms with Gasteiger partial charge in [-0.25, -0.2) is 9.13 Å². The molecule has 0 bridgehead atoms. The van der Waals surface area contributed by atoms with Crippen molar-refractivity contribution in [1.82, 2.24) is 0 Å². The maximum atomic E-state index is 13.0. The van der Waals surface area contributed by atoms with E-state index in [1.807, 2.05) is 0 Å². The van der Waals surface area contributed by atoms with Crippen molar-refractivity contribution in [1.29, 1.82) is 0 Å². The second-order valence-corrected chi connectivity index (χ2v) is 29.0. The summed E-state index contributed by atoms with van der Waals surface area (Å²) in [5.74, 6) is -1.33. The summed E-state index contributed by atoms with van der Waals surface area (Å²) >= 11 is 0. The summed E-state index contributed by atoms with van der Waals surface area (Å²) in [4.78, 5) is 72.5. The van der Waals surface area contributed by atoms with E-state index < -0.39 is 97.5 Å². The lowest BCUT2D eigenvalue weighted by atomic mass is 10.0. The maximum absolute atomic E-state index is 13.0. The van der Waals surface area contributed by atoms with Crippen LogP contribution in [0.4, 0.5) is 0 Å². The monoisotopic (exact) mass is 1320 g/mol. The average Bonchev–Trinajstić information content (AvgIpc) is 3.67. The van der Waals surface area contributed by atoms with Crippen LogP contribution in [0.1, 0.15) is 369 Å². The minimum Gasteiger partial charge on any atom is -0.462 e. The van der Waals surface area contributed by atoms with E-state index in [1.165, 1.54) is 186 Å². The van der Waals surface area contributed by atoms with E-state index in [1.54, 1.807) is 0 Å². The zero-order valence-electron chi connectivity index (χ0n) is 58.3. The Morgan fingerprint density at radius 3 is 0.756 bits per heavy atom. The third-order valence-corrected chi connectivity index (χ3v) is 18.4. The third-order valence-electron chi connectivity index (χ3n) is 16.5.